The number of hydrogen-bond acceptors (Lipinski definition) is 4. The number of benzene rings is 1. The smallest absolute Gasteiger partial charge is 0.265 e. The van der Waals surface area contributed by atoms with E-state index in [1.807, 2.05) is 28.5 Å². The first-order valence-electron chi connectivity index (χ1n) is 8.88. The third-order valence-electron chi connectivity index (χ3n) is 4.74. The fourth-order valence-electron chi connectivity index (χ4n) is 3.40. The van der Waals surface area contributed by atoms with Crippen LogP contribution in [0.2, 0.25) is 0 Å². The summed E-state index contributed by atoms with van der Waals surface area (Å²) in [7, 11) is 0. The second-order valence-electron chi connectivity index (χ2n) is 6.45. The molecule has 0 aliphatic carbocycles. The van der Waals surface area contributed by atoms with Crippen LogP contribution in [0.4, 0.5) is 5.69 Å². The Morgan fingerprint density at radius 2 is 1.85 bits per heavy atom. The minimum atomic E-state index is -0.138. The number of aromatic nitrogens is 1. The first-order chi connectivity index (χ1) is 13.2. The first kappa shape index (κ1) is 17.4. The van der Waals surface area contributed by atoms with E-state index in [9.17, 15) is 9.59 Å². The lowest BCUT2D eigenvalue weighted by Gasteiger charge is -2.25. The molecule has 0 bridgehead atoms. The van der Waals surface area contributed by atoms with Crippen molar-refractivity contribution in [3.8, 4) is 0 Å². The number of amides is 2. The highest BCUT2D eigenvalue weighted by atomic mass is 32.1. The zero-order valence-corrected chi connectivity index (χ0v) is 15.5. The fraction of sp³-hybridized carbons (Fsp3) is 0.190. The molecule has 1 aliphatic rings. The SMILES string of the molecule is O=C(Nc1ccc(C(=O)N2CCC[C@@H]2c2ccncc2)cc1)c1cccs1. The van der Waals surface area contributed by atoms with E-state index in [4.69, 9.17) is 0 Å². The summed E-state index contributed by atoms with van der Waals surface area (Å²) in [6, 6.07) is 14.8. The van der Waals surface area contributed by atoms with Gasteiger partial charge in [-0.3, -0.25) is 14.6 Å². The predicted molar refractivity (Wildman–Crippen MR) is 106 cm³/mol. The number of nitrogens with zero attached hydrogens (tertiary/aromatic N) is 2. The van der Waals surface area contributed by atoms with Crippen LogP contribution in [0.1, 0.15) is 44.5 Å². The number of anilines is 1. The lowest BCUT2D eigenvalue weighted by Crippen LogP contribution is -2.30. The Bertz CT molecular complexity index is 924. The van der Waals surface area contributed by atoms with Crippen LogP contribution in [-0.4, -0.2) is 28.2 Å². The molecular formula is C21H19N3O2S. The van der Waals surface area contributed by atoms with Crippen molar-refractivity contribution >= 4 is 28.8 Å². The van der Waals surface area contributed by atoms with Crippen LogP contribution in [0.15, 0.2) is 66.3 Å². The molecule has 0 radical (unpaired) electrons. The lowest BCUT2D eigenvalue weighted by molar-refractivity contribution is 0.0735. The van der Waals surface area contributed by atoms with Gasteiger partial charge < -0.3 is 10.2 Å². The van der Waals surface area contributed by atoms with Gasteiger partial charge in [0.2, 0.25) is 0 Å². The van der Waals surface area contributed by atoms with Crippen molar-refractivity contribution in [1.29, 1.82) is 0 Å². The summed E-state index contributed by atoms with van der Waals surface area (Å²) < 4.78 is 0. The van der Waals surface area contributed by atoms with E-state index in [2.05, 4.69) is 10.3 Å². The Labute approximate surface area is 161 Å². The minimum absolute atomic E-state index is 0.0189. The zero-order valence-electron chi connectivity index (χ0n) is 14.7. The maximum Gasteiger partial charge on any atom is 0.265 e. The van der Waals surface area contributed by atoms with Gasteiger partial charge in [-0.05, 0) is 66.2 Å². The van der Waals surface area contributed by atoms with E-state index in [0.717, 1.165) is 24.9 Å². The largest absolute Gasteiger partial charge is 0.332 e. The second-order valence-corrected chi connectivity index (χ2v) is 7.39. The molecule has 1 atom stereocenters. The van der Waals surface area contributed by atoms with E-state index in [1.165, 1.54) is 11.3 Å². The Hall–Kier alpha value is -2.99. The van der Waals surface area contributed by atoms with E-state index in [1.54, 1.807) is 42.7 Å². The molecule has 4 rings (SSSR count). The van der Waals surface area contributed by atoms with E-state index in [0.29, 0.717) is 16.1 Å². The monoisotopic (exact) mass is 377 g/mol. The quantitative estimate of drug-likeness (QED) is 0.734. The summed E-state index contributed by atoms with van der Waals surface area (Å²) in [6.07, 6.45) is 5.49. The standard InChI is InChI=1S/C21H19N3O2S/c25-20(19-4-2-14-27-19)23-17-7-5-16(6-8-17)21(26)24-13-1-3-18(24)15-9-11-22-12-10-15/h2,4-12,14,18H,1,3,13H2,(H,23,25)/t18-/m1/s1. The van der Waals surface area contributed by atoms with Gasteiger partial charge in [0.25, 0.3) is 11.8 Å². The number of carbonyl (C=O) groups excluding carboxylic acids is 2. The maximum atomic E-state index is 13.0. The van der Waals surface area contributed by atoms with Gasteiger partial charge in [-0.1, -0.05) is 6.07 Å². The van der Waals surface area contributed by atoms with Gasteiger partial charge in [-0.25, -0.2) is 0 Å². The summed E-state index contributed by atoms with van der Waals surface area (Å²) in [5, 5.41) is 4.72. The van der Waals surface area contributed by atoms with Gasteiger partial charge in [0.1, 0.15) is 0 Å². The lowest BCUT2D eigenvalue weighted by atomic mass is 10.1. The summed E-state index contributed by atoms with van der Waals surface area (Å²) in [6.45, 7) is 0.753. The molecule has 1 saturated heterocycles. The third-order valence-corrected chi connectivity index (χ3v) is 5.61. The van der Waals surface area contributed by atoms with E-state index >= 15 is 0 Å². The number of nitrogens with one attached hydrogen (secondary N) is 1. The van der Waals surface area contributed by atoms with Crippen molar-refractivity contribution in [2.24, 2.45) is 0 Å². The van der Waals surface area contributed by atoms with Crippen LogP contribution < -0.4 is 5.32 Å². The van der Waals surface area contributed by atoms with Gasteiger partial charge in [0.05, 0.1) is 10.9 Å². The van der Waals surface area contributed by atoms with Crippen LogP contribution in [0.5, 0.6) is 0 Å². The summed E-state index contributed by atoms with van der Waals surface area (Å²) >= 11 is 1.40. The van der Waals surface area contributed by atoms with E-state index < -0.39 is 0 Å². The molecule has 1 N–H and O–H groups in total. The summed E-state index contributed by atoms with van der Waals surface area (Å²) in [5.41, 5.74) is 2.43. The molecule has 2 aromatic heterocycles. The average molecular weight is 377 g/mol. The van der Waals surface area contributed by atoms with Gasteiger partial charge >= 0.3 is 0 Å². The van der Waals surface area contributed by atoms with Gasteiger partial charge in [0, 0.05) is 30.2 Å². The van der Waals surface area contributed by atoms with Crippen molar-refractivity contribution in [2.45, 2.75) is 18.9 Å². The fourth-order valence-corrected chi connectivity index (χ4v) is 4.02. The van der Waals surface area contributed by atoms with Crippen LogP contribution >= 0.6 is 11.3 Å². The van der Waals surface area contributed by atoms with Crippen molar-refractivity contribution in [3.63, 3.8) is 0 Å². The predicted octanol–water partition coefficient (Wildman–Crippen LogP) is 4.37. The highest BCUT2D eigenvalue weighted by Crippen LogP contribution is 2.32. The number of likely N-dealkylation sites (tertiary alicyclic amines) is 1. The minimum Gasteiger partial charge on any atom is -0.332 e. The molecule has 5 nitrogen and oxygen atoms in total. The molecule has 3 heterocycles. The molecule has 1 aliphatic heterocycles. The Balaban J connectivity index is 1.47. The molecule has 3 aromatic rings. The molecule has 27 heavy (non-hydrogen) atoms. The zero-order chi connectivity index (χ0) is 18.6. The van der Waals surface area contributed by atoms with Crippen molar-refractivity contribution in [2.75, 3.05) is 11.9 Å². The first-order valence-corrected chi connectivity index (χ1v) is 9.76. The van der Waals surface area contributed by atoms with Gasteiger partial charge in [-0.2, -0.15) is 0 Å². The van der Waals surface area contributed by atoms with Crippen molar-refractivity contribution in [1.82, 2.24) is 9.88 Å². The summed E-state index contributed by atoms with van der Waals surface area (Å²) in [4.78, 5) is 31.7. The van der Waals surface area contributed by atoms with Crippen molar-refractivity contribution < 1.29 is 9.59 Å². The number of hydrogen-bond donors (Lipinski definition) is 1. The second kappa shape index (κ2) is 7.72. The molecule has 136 valence electrons. The molecular weight excluding hydrogens is 358 g/mol. The highest BCUT2D eigenvalue weighted by Gasteiger charge is 2.30. The summed E-state index contributed by atoms with van der Waals surface area (Å²) in [5.74, 6) is -0.119. The molecule has 0 saturated carbocycles. The van der Waals surface area contributed by atoms with Crippen LogP contribution in [0.3, 0.4) is 0 Å². The maximum absolute atomic E-state index is 13.0. The number of carbonyl (C=O) groups is 2. The van der Waals surface area contributed by atoms with Crippen LogP contribution in [-0.2, 0) is 0 Å². The van der Waals surface area contributed by atoms with Gasteiger partial charge in [-0.15, -0.1) is 11.3 Å². The highest BCUT2D eigenvalue weighted by molar-refractivity contribution is 7.12. The Kier molecular flexibility index (Phi) is 4.98. The van der Waals surface area contributed by atoms with Gasteiger partial charge in [0.15, 0.2) is 0 Å². The average Bonchev–Trinajstić information content (AvgIpc) is 3.41. The molecule has 2 amide bonds. The van der Waals surface area contributed by atoms with E-state index in [-0.39, 0.29) is 17.9 Å². The number of thiophene rings is 1. The Morgan fingerprint density at radius 1 is 1.07 bits per heavy atom. The molecule has 1 aromatic carbocycles. The van der Waals surface area contributed by atoms with Crippen molar-refractivity contribution in [3.05, 3.63) is 82.3 Å². The van der Waals surface area contributed by atoms with Crippen LogP contribution in [0, 0.1) is 0 Å². The topological polar surface area (TPSA) is 62.3 Å². The third kappa shape index (κ3) is 3.75. The normalized spacial score (nSPS) is 16.3. The molecule has 0 spiro atoms. The molecule has 1 fully saturated rings. The molecule has 0 unspecified atom stereocenters. The Morgan fingerprint density at radius 3 is 2.56 bits per heavy atom. The molecule has 6 heteroatoms. The number of pyridine rings is 1. The van der Waals surface area contributed by atoms with Crippen LogP contribution in [0.25, 0.3) is 0 Å². The number of rotatable bonds is 4.